The van der Waals surface area contributed by atoms with E-state index in [4.69, 9.17) is 11.5 Å². The highest BCUT2D eigenvalue weighted by atomic mass is 32.2. The number of nitrogen functional groups attached to an aromatic ring is 1. The van der Waals surface area contributed by atoms with Crippen molar-refractivity contribution < 1.29 is 42.6 Å². The van der Waals surface area contributed by atoms with E-state index in [9.17, 15) is 33.1 Å². The van der Waals surface area contributed by atoms with Crippen molar-refractivity contribution in [2.45, 2.75) is 18.0 Å². The number of carbonyl (C=O) groups excluding carboxylic acids is 3. The fourth-order valence-electron chi connectivity index (χ4n) is 2.86. The maximum Gasteiger partial charge on any atom is 0.407 e. The molecule has 2 aliphatic rings. The Balaban J connectivity index is 1.78. The number of nitrogens with zero attached hydrogens (tertiary/aromatic N) is 3. The number of hydrogen-bond donors (Lipinski definition) is 4. The van der Waals surface area contributed by atoms with Crippen molar-refractivity contribution in [1.29, 1.82) is 0 Å². The first-order valence-electron chi connectivity index (χ1n) is 8.46. The van der Waals surface area contributed by atoms with Crippen LogP contribution in [0.25, 0.3) is 0 Å². The summed E-state index contributed by atoms with van der Waals surface area (Å²) in [7, 11) is 0. The monoisotopic (exact) mass is 492 g/mol. The molecule has 3 rings (SSSR count). The molecule has 2 aliphatic heterocycles. The molecule has 17 heteroatoms. The van der Waals surface area contributed by atoms with Crippen LogP contribution in [0.2, 0.25) is 0 Å². The molecule has 1 aromatic heterocycles. The fraction of sp³-hybridized carbons (Fsp3) is 0.333. The van der Waals surface area contributed by atoms with Gasteiger partial charge in [0.1, 0.15) is 29.4 Å². The molecule has 2 atom stereocenters. The van der Waals surface area contributed by atoms with Gasteiger partial charge in [0.15, 0.2) is 10.8 Å². The number of alkyl halides is 2. The van der Waals surface area contributed by atoms with Gasteiger partial charge in [0, 0.05) is 16.7 Å². The summed E-state index contributed by atoms with van der Waals surface area (Å²) in [6, 6.07) is -1.19. The first-order valence-corrected chi connectivity index (χ1v) is 10.4. The van der Waals surface area contributed by atoms with Gasteiger partial charge in [-0.15, -0.1) is 23.1 Å². The van der Waals surface area contributed by atoms with E-state index in [1.54, 1.807) is 0 Å². The van der Waals surface area contributed by atoms with Crippen molar-refractivity contribution in [3.05, 3.63) is 22.3 Å². The number of thioether (sulfide) groups is 1. The molecule has 0 aliphatic carbocycles. The third-order valence-electron chi connectivity index (χ3n) is 4.13. The Morgan fingerprint density at radius 2 is 2.16 bits per heavy atom. The van der Waals surface area contributed by atoms with Crippen LogP contribution in [0.15, 0.2) is 21.8 Å². The minimum absolute atomic E-state index is 0.0354. The molecule has 3 heterocycles. The zero-order valence-corrected chi connectivity index (χ0v) is 17.3. The summed E-state index contributed by atoms with van der Waals surface area (Å²) in [6.45, 7) is -3.74. The Labute approximate surface area is 185 Å². The standard InChI is InChI=1S/C15H14F2N6O7S2/c16-13(17)30-22-6(5-3-32-14(18)20-5)9(24)21-7-10(25)23-8(12(26)27)4(1-29-15(19)28)2-31-11(7)23/h3,7,11,13H,1-2H2,(H2,18,20)(H2,19,28)(H,21,24)(H,26,27)/t7?,11-/m0/s1. The van der Waals surface area contributed by atoms with Crippen LogP contribution in [0, 0.1) is 0 Å². The number of aromatic nitrogens is 1. The third kappa shape index (κ3) is 4.72. The van der Waals surface area contributed by atoms with E-state index in [-0.39, 0.29) is 22.2 Å². The van der Waals surface area contributed by atoms with Crippen LogP contribution >= 0.6 is 23.1 Å². The number of halogens is 2. The van der Waals surface area contributed by atoms with Gasteiger partial charge in [-0.1, -0.05) is 5.16 Å². The average Bonchev–Trinajstić information content (AvgIpc) is 3.15. The van der Waals surface area contributed by atoms with Gasteiger partial charge in [0.25, 0.3) is 11.8 Å². The number of β-lactam (4-membered cyclic amide) rings is 1. The molecular weight excluding hydrogens is 478 g/mol. The topological polar surface area (TPSA) is 200 Å². The van der Waals surface area contributed by atoms with E-state index in [1.165, 1.54) is 5.38 Å². The number of oxime groups is 1. The molecule has 6 N–H and O–H groups in total. The number of rotatable bonds is 8. The van der Waals surface area contributed by atoms with E-state index in [1.807, 2.05) is 0 Å². The number of aliphatic carboxylic acids is 1. The second-order valence-electron chi connectivity index (χ2n) is 6.10. The van der Waals surface area contributed by atoms with Crippen molar-refractivity contribution >= 4 is 57.8 Å². The van der Waals surface area contributed by atoms with Crippen molar-refractivity contribution in [3.8, 4) is 0 Å². The third-order valence-corrected chi connectivity index (χ3v) is 6.14. The molecule has 0 aromatic carbocycles. The summed E-state index contributed by atoms with van der Waals surface area (Å²) in [4.78, 5) is 56.3. The van der Waals surface area contributed by atoms with E-state index in [0.717, 1.165) is 28.0 Å². The molecule has 1 saturated heterocycles. The number of hydrogen-bond acceptors (Lipinski definition) is 11. The predicted octanol–water partition coefficient (Wildman–Crippen LogP) is -0.497. The highest BCUT2D eigenvalue weighted by Gasteiger charge is 2.54. The van der Waals surface area contributed by atoms with Crippen molar-refractivity contribution in [1.82, 2.24) is 15.2 Å². The maximum absolute atomic E-state index is 12.6. The molecule has 1 aromatic rings. The Morgan fingerprint density at radius 3 is 2.72 bits per heavy atom. The first-order chi connectivity index (χ1) is 15.1. The first kappa shape index (κ1) is 23.2. The lowest BCUT2D eigenvalue weighted by Gasteiger charge is -2.49. The average molecular weight is 492 g/mol. The normalized spacial score (nSPS) is 20.5. The number of ether oxygens (including phenoxy) is 1. The molecule has 1 unspecified atom stereocenters. The van der Waals surface area contributed by atoms with Gasteiger partial charge in [0.2, 0.25) is 0 Å². The second kappa shape index (κ2) is 9.35. The van der Waals surface area contributed by atoms with Crippen LogP contribution in [0.3, 0.4) is 0 Å². The lowest BCUT2D eigenvalue weighted by Crippen LogP contribution is -2.71. The van der Waals surface area contributed by atoms with Crippen molar-refractivity contribution in [3.63, 3.8) is 0 Å². The highest BCUT2D eigenvalue weighted by molar-refractivity contribution is 8.00. The Morgan fingerprint density at radius 1 is 1.44 bits per heavy atom. The van der Waals surface area contributed by atoms with Gasteiger partial charge in [-0.3, -0.25) is 14.5 Å². The van der Waals surface area contributed by atoms with Gasteiger partial charge in [-0.2, -0.15) is 8.78 Å². The zero-order chi connectivity index (χ0) is 23.6. The summed E-state index contributed by atoms with van der Waals surface area (Å²) in [5, 5.41) is 15.4. The number of carbonyl (C=O) groups is 4. The number of carboxylic acid groups (broad SMARTS) is 1. The maximum atomic E-state index is 12.6. The van der Waals surface area contributed by atoms with E-state index in [2.05, 4.69) is 25.0 Å². The van der Waals surface area contributed by atoms with Gasteiger partial charge < -0.3 is 31.5 Å². The summed E-state index contributed by atoms with van der Waals surface area (Å²) < 4.78 is 29.4. The molecule has 32 heavy (non-hydrogen) atoms. The minimum Gasteiger partial charge on any atom is -0.477 e. The van der Waals surface area contributed by atoms with Crippen molar-refractivity contribution in [2.24, 2.45) is 10.9 Å². The Hall–Kier alpha value is -3.47. The predicted molar refractivity (Wildman–Crippen MR) is 105 cm³/mol. The lowest BCUT2D eigenvalue weighted by atomic mass is 10.0. The molecule has 0 spiro atoms. The molecule has 0 saturated carbocycles. The van der Waals surface area contributed by atoms with Gasteiger partial charge in [-0.25, -0.2) is 14.6 Å². The molecule has 13 nitrogen and oxygen atoms in total. The number of nitrogens with one attached hydrogen (secondary N) is 1. The molecule has 0 bridgehead atoms. The number of primary amides is 1. The second-order valence-corrected chi connectivity index (χ2v) is 8.10. The summed E-state index contributed by atoms with van der Waals surface area (Å²) in [5.41, 5.74) is 9.32. The largest absolute Gasteiger partial charge is 0.477 e. The fourth-order valence-corrected chi connectivity index (χ4v) is 4.73. The van der Waals surface area contributed by atoms with E-state index >= 15 is 0 Å². The summed E-state index contributed by atoms with van der Waals surface area (Å²) in [5.74, 6) is -3.22. The minimum atomic E-state index is -3.31. The van der Waals surface area contributed by atoms with Crippen LogP contribution in [0.4, 0.5) is 18.7 Å². The number of nitrogens with two attached hydrogens (primary N) is 2. The Bertz CT molecular complexity index is 1030. The smallest absolute Gasteiger partial charge is 0.407 e. The SMILES string of the molecule is NC(=O)OCC1=C(C(=O)O)N2C(=O)C(NC(=O)C(=NOC(F)F)c3csc(N)n3)[C@@H]2SC1. The quantitative estimate of drug-likeness (QED) is 0.208. The van der Waals surface area contributed by atoms with E-state index < -0.39 is 59.9 Å². The summed E-state index contributed by atoms with van der Waals surface area (Å²) >= 11 is 2.01. The molecular formula is C15H14F2N6O7S2. The van der Waals surface area contributed by atoms with Crippen LogP contribution < -0.4 is 16.8 Å². The van der Waals surface area contributed by atoms with Gasteiger partial charge in [0.05, 0.1) is 0 Å². The summed E-state index contributed by atoms with van der Waals surface area (Å²) in [6.07, 6.45) is -1.12. The van der Waals surface area contributed by atoms with Gasteiger partial charge >= 0.3 is 18.7 Å². The lowest BCUT2D eigenvalue weighted by molar-refractivity contribution is -0.150. The van der Waals surface area contributed by atoms with Gasteiger partial charge in [-0.05, 0) is 0 Å². The number of amides is 3. The number of thiazole rings is 1. The van der Waals surface area contributed by atoms with Crippen LogP contribution in [-0.4, -0.2) is 75.0 Å². The van der Waals surface area contributed by atoms with Crippen LogP contribution in [-0.2, 0) is 24.0 Å². The molecule has 172 valence electrons. The highest BCUT2D eigenvalue weighted by Crippen LogP contribution is 2.40. The molecule has 1 fully saturated rings. The zero-order valence-electron chi connectivity index (χ0n) is 15.7. The number of anilines is 1. The number of fused-ring (bicyclic) bond motifs is 1. The molecule has 3 amide bonds. The Kier molecular flexibility index (Phi) is 6.78. The van der Waals surface area contributed by atoms with Crippen LogP contribution in [0.5, 0.6) is 0 Å². The molecule has 0 radical (unpaired) electrons. The van der Waals surface area contributed by atoms with E-state index in [0.29, 0.717) is 0 Å². The van der Waals surface area contributed by atoms with Crippen molar-refractivity contribution in [2.75, 3.05) is 18.1 Å². The number of carboxylic acids is 1. The van der Waals surface area contributed by atoms with Crippen LogP contribution in [0.1, 0.15) is 5.69 Å².